The molecule has 2 fully saturated rings. The van der Waals surface area contributed by atoms with Gasteiger partial charge in [-0.25, -0.2) is 12.8 Å². The molecular formula is C20H21FN2O4S. The third kappa shape index (κ3) is 3.62. The number of carbonyl (C=O) groups is 1. The lowest BCUT2D eigenvalue weighted by Gasteiger charge is -2.43. The van der Waals surface area contributed by atoms with Crippen molar-refractivity contribution >= 4 is 21.4 Å². The van der Waals surface area contributed by atoms with Crippen LogP contribution in [0.3, 0.4) is 0 Å². The monoisotopic (exact) mass is 404 g/mol. The fourth-order valence-electron chi connectivity index (χ4n) is 4.03. The van der Waals surface area contributed by atoms with Crippen molar-refractivity contribution in [3.05, 3.63) is 59.9 Å². The van der Waals surface area contributed by atoms with Crippen LogP contribution in [0, 0.1) is 5.82 Å². The van der Waals surface area contributed by atoms with Gasteiger partial charge < -0.3 is 9.64 Å². The third-order valence-electron chi connectivity index (χ3n) is 5.35. The van der Waals surface area contributed by atoms with Crippen LogP contribution >= 0.6 is 0 Å². The van der Waals surface area contributed by atoms with Gasteiger partial charge in [-0.2, -0.15) is 0 Å². The normalized spacial score (nSPS) is 24.2. The molecule has 2 saturated heterocycles. The summed E-state index contributed by atoms with van der Waals surface area (Å²) in [6.07, 6.45) is 0. The maximum absolute atomic E-state index is 13.2. The van der Waals surface area contributed by atoms with Crippen LogP contribution in [0.5, 0.6) is 5.75 Å². The van der Waals surface area contributed by atoms with Crippen LogP contribution < -0.4 is 9.64 Å². The van der Waals surface area contributed by atoms with Crippen LogP contribution in [0.2, 0.25) is 0 Å². The minimum absolute atomic E-state index is 0.0127. The molecule has 0 saturated carbocycles. The molecule has 1 amide bonds. The predicted molar refractivity (Wildman–Crippen MR) is 104 cm³/mol. The second-order valence-electron chi connectivity index (χ2n) is 7.20. The zero-order valence-electron chi connectivity index (χ0n) is 15.4. The zero-order chi connectivity index (χ0) is 19.9. The van der Waals surface area contributed by atoms with Gasteiger partial charge in [0.2, 0.25) is 5.91 Å². The number of ether oxygens (including phenoxy) is 1. The number of sulfone groups is 1. The van der Waals surface area contributed by atoms with E-state index in [9.17, 15) is 17.6 Å². The van der Waals surface area contributed by atoms with Crippen LogP contribution in [0.1, 0.15) is 5.56 Å². The molecule has 0 bridgehead atoms. The summed E-state index contributed by atoms with van der Waals surface area (Å²) in [5, 5.41) is 0. The smallest absolute Gasteiger partial charge is 0.241 e. The van der Waals surface area contributed by atoms with Gasteiger partial charge in [-0.05, 0) is 42.0 Å². The number of halogens is 1. The predicted octanol–water partition coefficient (Wildman–Crippen LogP) is 1.85. The summed E-state index contributed by atoms with van der Waals surface area (Å²) in [7, 11) is -1.69. The van der Waals surface area contributed by atoms with Crippen LogP contribution in [-0.2, 0) is 21.2 Å². The number of fused-ring (bicyclic) bond motifs is 1. The number of piperazine rings is 1. The average molecular weight is 404 g/mol. The number of methoxy groups -OCH3 is 1. The molecule has 2 aliphatic rings. The molecule has 6 nitrogen and oxygen atoms in total. The molecule has 2 aliphatic heterocycles. The van der Waals surface area contributed by atoms with Gasteiger partial charge in [-0.1, -0.05) is 12.1 Å². The van der Waals surface area contributed by atoms with Crippen molar-refractivity contribution in [3.8, 4) is 5.75 Å². The second-order valence-corrected chi connectivity index (χ2v) is 9.36. The first-order valence-electron chi connectivity index (χ1n) is 9.01. The third-order valence-corrected chi connectivity index (χ3v) is 7.05. The fourth-order valence-corrected chi connectivity index (χ4v) is 6.01. The van der Waals surface area contributed by atoms with Gasteiger partial charge in [0.05, 0.1) is 31.2 Å². The molecular weight excluding hydrogens is 383 g/mol. The number of hydrogen-bond acceptors (Lipinski definition) is 5. The summed E-state index contributed by atoms with van der Waals surface area (Å²) >= 11 is 0. The Bertz CT molecular complexity index is 976. The van der Waals surface area contributed by atoms with Crippen molar-refractivity contribution in [1.82, 2.24) is 4.90 Å². The van der Waals surface area contributed by atoms with Crippen molar-refractivity contribution in [2.24, 2.45) is 0 Å². The van der Waals surface area contributed by atoms with Crippen LogP contribution in [0.15, 0.2) is 48.5 Å². The summed E-state index contributed by atoms with van der Waals surface area (Å²) in [6.45, 7) is 0.513. The summed E-state index contributed by atoms with van der Waals surface area (Å²) < 4.78 is 43.1. The summed E-state index contributed by atoms with van der Waals surface area (Å²) in [5.74, 6) is 0.145. The number of rotatable bonds is 4. The maximum atomic E-state index is 13.2. The highest BCUT2D eigenvalue weighted by Crippen LogP contribution is 2.33. The number of hydrogen-bond donors (Lipinski definition) is 0. The molecule has 8 heteroatoms. The first-order valence-corrected chi connectivity index (χ1v) is 10.8. The molecule has 0 aliphatic carbocycles. The van der Waals surface area contributed by atoms with E-state index in [1.54, 1.807) is 48.4 Å². The number of nitrogens with zero attached hydrogens (tertiary/aromatic N) is 2. The minimum atomic E-state index is -3.26. The first-order chi connectivity index (χ1) is 13.4. The second kappa shape index (κ2) is 7.18. The minimum Gasteiger partial charge on any atom is -0.497 e. The summed E-state index contributed by atoms with van der Waals surface area (Å²) in [5.41, 5.74) is 1.51. The number of amides is 1. The lowest BCUT2D eigenvalue weighted by atomic mass is 10.0. The fraction of sp³-hybridized carbons (Fsp3) is 0.350. The SMILES string of the molecule is COc1ccc(N2C(=O)CN(Cc3ccc(F)cc3)C3CS(=O)(=O)CC32)cc1. The van der Waals surface area contributed by atoms with Crippen LogP contribution in [0.4, 0.5) is 10.1 Å². The Hall–Kier alpha value is -2.45. The van der Waals surface area contributed by atoms with E-state index in [1.165, 1.54) is 12.1 Å². The molecule has 2 atom stereocenters. The number of anilines is 1. The molecule has 0 radical (unpaired) electrons. The van der Waals surface area contributed by atoms with E-state index in [0.29, 0.717) is 18.0 Å². The van der Waals surface area contributed by atoms with Crippen LogP contribution in [-0.4, -0.2) is 56.5 Å². The van der Waals surface area contributed by atoms with E-state index >= 15 is 0 Å². The lowest BCUT2D eigenvalue weighted by Crippen LogP contribution is -2.61. The van der Waals surface area contributed by atoms with E-state index < -0.39 is 15.9 Å². The maximum Gasteiger partial charge on any atom is 0.241 e. The lowest BCUT2D eigenvalue weighted by molar-refractivity contribution is -0.123. The van der Waals surface area contributed by atoms with Crippen molar-refractivity contribution in [2.75, 3.05) is 30.1 Å². The highest BCUT2D eigenvalue weighted by atomic mass is 32.2. The molecule has 2 aromatic carbocycles. The van der Waals surface area contributed by atoms with Gasteiger partial charge in [0, 0.05) is 18.3 Å². The van der Waals surface area contributed by atoms with Gasteiger partial charge >= 0.3 is 0 Å². The van der Waals surface area contributed by atoms with Gasteiger partial charge in [0.1, 0.15) is 11.6 Å². The van der Waals surface area contributed by atoms with Gasteiger partial charge in [-0.15, -0.1) is 0 Å². The van der Waals surface area contributed by atoms with Crippen molar-refractivity contribution < 1.29 is 22.3 Å². The molecule has 0 spiro atoms. The molecule has 2 heterocycles. The topological polar surface area (TPSA) is 66.9 Å². The Kier molecular flexibility index (Phi) is 4.84. The summed E-state index contributed by atoms with van der Waals surface area (Å²) in [4.78, 5) is 16.5. The molecule has 4 rings (SSSR count). The van der Waals surface area contributed by atoms with Crippen LogP contribution in [0.25, 0.3) is 0 Å². The quantitative estimate of drug-likeness (QED) is 0.778. The highest BCUT2D eigenvalue weighted by molar-refractivity contribution is 7.91. The molecule has 2 unspecified atom stereocenters. The van der Waals surface area contributed by atoms with E-state index in [4.69, 9.17) is 4.74 Å². The standard InChI is InChI=1S/C20H21FN2O4S/c1-27-17-8-6-16(7-9-17)23-19-13-28(25,26)12-18(19)22(11-20(23)24)10-14-2-4-15(21)5-3-14/h2-9,18-19H,10-13H2,1H3. The average Bonchev–Trinajstić information content (AvgIpc) is 2.99. The first kappa shape index (κ1) is 18.9. The zero-order valence-corrected chi connectivity index (χ0v) is 16.2. The Morgan fingerprint density at radius 2 is 1.68 bits per heavy atom. The number of benzene rings is 2. The van der Waals surface area contributed by atoms with Gasteiger partial charge in [0.25, 0.3) is 0 Å². The van der Waals surface area contributed by atoms with Crippen molar-refractivity contribution in [2.45, 2.75) is 18.6 Å². The Morgan fingerprint density at radius 3 is 2.32 bits per heavy atom. The Labute approximate surface area is 163 Å². The molecule has 0 aromatic heterocycles. The Balaban J connectivity index is 1.64. The van der Waals surface area contributed by atoms with E-state index in [0.717, 1.165) is 5.56 Å². The van der Waals surface area contributed by atoms with Crippen molar-refractivity contribution in [3.63, 3.8) is 0 Å². The van der Waals surface area contributed by atoms with E-state index in [-0.39, 0.29) is 35.8 Å². The molecule has 0 N–H and O–H groups in total. The molecule has 28 heavy (non-hydrogen) atoms. The molecule has 2 aromatic rings. The van der Waals surface area contributed by atoms with Gasteiger partial charge in [-0.3, -0.25) is 9.69 Å². The highest BCUT2D eigenvalue weighted by Gasteiger charge is 2.49. The number of carbonyl (C=O) groups excluding carboxylic acids is 1. The van der Waals surface area contributed by atoms with Gasteiger partial charge in [0.15, 0.2) is 9.84 Å². The van der Waals surface area contributed by atoms with Crippen molar-refractivity contribution in [1.29, 1.82) is 0 Å². The summed E-state index contributed by atoms with van der Waals surface area (Å²) in [6, 6.07) is 12.4. The van der Waals surface area contributed by atoms with E-state index in [1.807, 2.05) is 4.90 Å². The molecule has 148 valence electrons. The Morgan fingerprint density at radius 1 is 1.04 bits per heavy atom. The largest absolute Gasteiger partial charge is 0.497 e. The van der Waals surface area contributed by atoms with E-state index in [2.05, 4.69) is 0 Å².